The molecule has 0 spiro atoms. The summed E-state index contributed by atoms with van der Waals surface area (Å²) in [4.78, 5) is 26.1. The van der Waals surface area contributed by atoms with Gasteiger partial charge in [0.25, 0.3) is 5.91 Å². The maximum absolute atomic E-state index is 12.5. The molecule has 2 heterocycles. The molecule has 0 radical (unpaired) electrons. The molecule has 12 heteroatoms. The van der Waals surface area contributed by atoms with Crippen molar-refractivity contribution in [2.75, 3.05) is 55.0 Å². The molecule has 1 saturated heterocycles. The second kappa shape index (κ2) is 11.2. The van der Waals surface area contributed by atoms with Crippen LogP contribution < -0.4 is 21.3 Å². The van der Waals surface area contributed by atoms with Crippen molar-refractivity contribution in [3.63, 3.8) is 0 Å². The third-order valence-corrected chi connectivity index (χ3v) is 8.12. The molecule has 1 aromatic heterocycles. The lowest BCUT2D eigenvalue weighted by Crippen LogP contribution is -2.44. The minimum absolute atomic E-state index is 0.00706. The summed E-state index contributed by atoms with van der Waals surface area (Å²) in [6, 6.07) is 5.20. The first kappa shape index (κ1) is 27.1. The number of nitrogens with two attached hydrogens (primary N) is 1. The lowest BCUT2D eigenvalue weighted by atomic mass is 9.93. The Hall–Kier alpha value is -2.96. The zero-order valence-corrected chi connectivity index (χ0v) is 22.5. The third kappa shape index (κ3) is 6.68. The Bertz CT molecular complexity index is 1240. The predicted octanol–water partition coefficient (Wildman–Crippen LogP) is 1.75. The smallest absolute Gasteiger partial charge is 0.271 e. The van der Waals surface area contributed by atoms with Crippen LogP contribution in [0.25, 0.3) is 0 Å². The summed E-state index contributed by atoms with van der Waals surface area (Å²) in [6.07, 6.45) is 4.47. The van der Waals surface area contributed by atoms with Crippen molar-refractivity contribution >= 4 is 38.8 Å². The number of carbonyl (C=O) groups excluding carboxylic acids is 1. The normalized spacial score (nSPS) is 21.0. The molecule has 0 bridgehead atoms. The zero-order valence-electron chi connectivity index (χ0n) is 21.7. The number of likely N-dealkylation sites (N-methyl/N-ethyl adjacent to an activating group) is 1. The van der Waals surface area contributed by atoms with Crippen molar-refractivity contribution in [3.05, 3.63) is 29.6 Å². The first-order valence-electron chi connectivity index (χ1n) is 12.7. The monoisotopic (exact) mass is 531 g/mol. The van der Waals surface area contributed by atoms with Gasteiger partial charge in [0.15, 0.2) is 21.3 Å². The average molecular weight is 532 g/mol. The second-order valence-electron chi connectivity index (χ2n) is 9.99. The summed E-state index contributed by atoms with van der Waals surface area (Å²) in [7, 11) is -1.44. The molecule has 4 rings (SSSR count). The maximum atomic E-state index is 12.5. The van der Waals surface area contributed by atoms with Crippen LogP contribution in [-0.2, 0) is 16.3 Å². The predicted molar refractivity (Wildman–Crippen MR) is 144 cm³/mol. The number of hydrogen-bond donors (Lipinski definition) is 4. The third-order valence-electron chi connectivity index (χ3n) is 7.02. The molecule has 2 aromatic rings. The van der Waals surface area contributed by atoms with Crippen LogP contribution in [0.2, 0.25) is 0 Å². The number of primary amides is 1. The van der Waals surface area contributed by atoms with E-state index in [2.05, 4.69) is 32.5 Å². The maximum Gasteiger partial charge on any atom is 0.271 e. The molecule has 2 fully saturated rings. The van der Waals surface area contributed by atoms with Crippen LogP contribution in [0.3, 0.4) is 0 Å². The number of aliphatic hydroxyl groups excluding tert-OH is 1. The highest BCUT2D eigenvalue weighted by molar-refractivity contribution is 7.90. The van der Waals surface area contributed by atoms with Gasteiger partial charge in [-0.25, -0.2) is 18.4 Å². The molecule has 0 unspecified atom stereocenters. The zero-order chi connectivity index (χ0) is 26.7. The highest BCUT2D eigenvalue weighted by Crippen LogP contribution is 2.30. The summed E-state index contributed by atoms with van der Waals surface area (Å²) in [6.45, 7) is 5.20. The fourth-order valence-electron chi connectivity index (χ4n) is 4.76. The van der Waals surface area contributed by atoms with Crippen molar-refractivity contribution in [3.8, 4) is 0 Å². The Labute approximate surface area is 218 Å². The minimum atomic E-state index is -3.50. The van der Waals surface area contributed by atoms with E-state index in [4.69, 9.17) is 10.7 Å². The molecule has 5 N–H and O–H groups in total. The van der Waals surface area contributed by atoms with Crippen LogP contribution in [0.5, 0.6) is 0 Å². The van der Waals surface area contributed by atoms with Gasteiger partial charge in [-0.15, -0.1) is 0 Å². The van der Waals surface area contributed by atoms with Gasteiger partial charge in [0, 0.05) is 49.9 Å². The number of rotatable bonds is 8. The number of nitrogens with zero attached hydrogens (tertiary/aromatic N) is 4. The van der Waals surface area contributed by atoms with E-state index in [1.807, 2.05) is 13.0 Å². The summed E-state index contributed by atoms with van der Waals surface area (Å²) in [5.41, 5.74) is 7.52. The van der Waals surface area contributed by atoms with Gasteiger partial charge < -0.3 is 31.3 Å². The van der Waals surface area contributed by atoms with E-state index in [9.17, 15) is 18.3 Å². The topological polar surface area (TPSA) is 154 Å². The van der Waals surface area contributed by atoms with E-state index in [1.54, 1.807) is 6.07 Å². The molecule has 11 nitrogen and oxygen atoms in total. The van der Waals surface area contributed by atoms with Gasteiger partial charge in [-0.2, -0.15) is 0 Å². The van der Waals surface area contributed by atoms with Gasteiger partial charge in [-0.1, -0.05) is 6.92 Å². The van der Waals surface area contributed by atoms with Gasteiger partial charge >= 0.3 is 0 Å². The van der Waals surface area contributed by atoms with Gasteiger partial charge in [0.05, 0.1) is 16.7 Å². The van der Waals surface area contributed by atoms with Crippen LogP contribution in [-0.4, -0.2) is 85.9 Å². The van der Waals surface area contributed by atoms with Crippen LogP contribution >= 0.6 is 0 Å². The Balaban J connectivity index is 1.70. The van der Waals surface area contributed by atoms with E-state index >= 15 is 0 Å². The molecule has 1 aromatic carbocycles. The van der Waals surface area contributed by atoms with Crippen molar-refractivity contribution in [1.82, 2.24) is 14.9 Å². The van der Waals surface area contributed by atoms with E-state index in [0.717, 1.165) is 44.7 Å². The Morgan fingerprint density at radius 3 is 2.35 bits per heavy atom. The van der Waals surface area contributed by atoms with E-state index in [0.29, 0.717) is 36.5 Å². The summed E-state index contributed by atoms with van der Waals surface area (Å²) < 4.78 is 25.0. The fraction of sp³-hybridized carbons (Fsp3) is 0.560. The number of sulfone groups is 1. The van der Waals surface area contributed by atoms with Crippen LogP contribution in [0.15, 0.2) is 23.1 Å². The fourth-order valence-corrected chi connectivity index (χ4v) is 5.43. The van der Waals surface area contributed by atoms with E-state index < -0.39 is 15.7 Å². The van der Waals surface area contributed by atoms with Crippen molar-refractivity contribution in [2.24, 2.45) is 5.73 Å². The number of amides is 1. The first-order valence-corrected chi connectivity index (χ1v) is 14.6. The largest absolute Gasteiger partial charge is 0.393 e. The number of aliphatic hydroxyl groups is 1. The van der Waals surface area contributed by atoms with Crippen molar-refractivity contribution in [2.45, 2.75) is 56.1 Å². The Morgan fingerprint density at radius 1 is 1.08 bits per heavy atom. The standard InChI is InChI=1S/C25H37N7O4S/c1-4-21-24(27-16-5-7-19(33)8-6-16)30-25(22(29-21)23(26)34)28-17-13-18(15-20(14-17)37(3,35)36)32-11-9-31(2)10-12-32/h13-16,19,33H,4-12H2,1-3H3,(H2,26,34)(H2,27,28,30)/t16-,19-. The number of hydrogen-bond acceptors (Lipinski definition) is 10. The lowest BCUT2D eigenvalue weighted by molar-refractivity contribution is 0.0995. The number of aryl methyl sites for hydroxylation is 1. The van der Waals surface area contributed by atoms with Crippen LogP contribution in [0.1, 0.15) is 48.8 Å². The first-order chi connectivity index (χ1) is 17.5. The van der Waals surface area contributed by atoms with E-state index in [1.165, 1.54) is 12.3 Å². The Morgan fingerprint density at radius 2 is 1.76 bits per heavy atom. The number of piperazine rings is 1. The molecule has 202 valence electrons. The van der Waals surface area contributed by atoms with Gasteiger partial charge in [0.1, 0.15) is 5.82 Å². The number of benzene rings is 1. The SMILES string of the molecule is CCc1nc(C(N)=O)c(Nc2cc(N3CCN(C)CC3)cc(S(C)(=O)=O)c2)nc1N[C@H]1CC[C@H](O)CC1. The summed E-state index contributed by atoms with van der Waals surface area (Å²) >= 11 is 0. The minimum Gasteiger partial charge on any atom is -0.393 e. The molecular weight excluding hydrogens is 494 g/mol. The molecular formula is C25H37N7O4S. The number of nitrogens with one attached hydrogen (secondary N) is 2. The quantitative estimate of drug-likeness (QED) is 0.396. The number of carbonyl (C=O) groups is 1. The molecule has 0 atom stereocenters. The molecule has 1 saturated carbocycles. The van der Waals surface area contributed by atoms with Crippen molar-refractivity contribution < 1.29 is 18.3 Å². The molecule has 1 aliphatic carbocycles. The summed E-state index contributed by atoms with van der Waals surface area (Å²) in [5, 5.41) is 16.4. The van der Waals surface area contributed by atoms with Crippen LogP contribution in [0, 0.1) is 0 Å². The van der Waals surface area contributed by atoms with Gasteiger partial charge in [-0.05, 0) is 57.4 Å². The molecule has 1 amide bonds. The average Bonchev–Trinajstić information content (AvgIpc) is 2.85. The van der Waals surface area contributed by atoms with E-state index in [-0.39, 0.29) is 28.6 Å². The van der Waals surface area contributed by atoms with Crippen molar-refractivity contribution in [1.29, 1.82) is 0 Å². The second-order valence-corrected chi connectivity index (χ2v) is 12.0. The van der Waals surface area contributed by atoms with Gasteiger partial charge in [0.2, 0.25) is 0 Å². The lowest BCUT2D eigenvalue weighted by Gasteiger charge is -2.34. The highest BCUT2D eigenvalue weighted by atomic mass is 32.2. The molecule has 2 aliphatic rings. The molecule has 1 aliphatic heterocycles. The summed E-state index contributed by atoms with van der Waals surface area (Å²) in [5.74, 6) is -0.0106. The molecule has 37 heavy (non-hydrogen) atoms. The van der Waals surface area contributed by atoms with Crippen LogP contribution in [0.4, 0.5) is 23.0 Å². The Kier molecular flexibility index (Phi) is 8.20. The highest BCUT2D eigenvalue weighted by Gasteiger charge is 2.24. The number of anilines is 4. The van der Waals surface area contributed by atoms with Gasteiger partial charge in [-0.3, -0.25) is 4.79 Å². The number of aromatic nitrogens is 2.